The predicted molar refractivity (Wildman–Crippen MR) is 94.0 cm³/mol. The molecule has 0 aromatic carbocycles. The normalized spacial score (nSPS) is 15.3. The standard InChI is InChI=1S/C20H42/c1-15(2)17(5,6)13-19(9,10)20(11,12)14-18(7,8)16(3)4/h15-16H,13-14H2,1-12H3. The molecule has 20 heavy (non-hydrogen) atoms. The van der Waals surface area contributed by atoms with E-state index in [9.17, 15) is 0 Å². The van der Waals surface area contributed by atoms with Gasteiger partial charge in [0.1, 0.15) is 0 Å². The Morgan fingerprint density at radius 3 is 0.850 bits per heavy atom. The summed E-state index contributed by atoms with van der Waals surface area (Å²) in [5, 5.41) is 0. The summed E-state index contributed by atoms with van der Waals surface area (Å²) in [5.74, 6) is 1.46. The molecule has 0 bridgehead atoms. The van der Waals surface area contributed by atoms with Gasteiger partial charge in [-0.1, -0.05) is 83.1 Å². The van der Waals surface area contributed by atoms with Crippen LogP contribution in [0, 0.1) is 33.5 Å². The van der Waals surface area contributed by atoms with Gasteiger partial charge in [0.2, 0.25) is 0 Å². The van der Waals surface area contributed by atoms with Crippen molar-refractivity contribution in [2.24, 2.45) is 33.5 Å². The van der Waals surface area contributed by atoms with E-state index >= 15 is 0 Å². The van der Waals surface area contributed by atoms with Crippen LogP contribution >= 0.6 is 0 Å². The van der Waals surface area contributed by atoms with Crippen LogP contribution in [-0.4, -0.2) is 0 Å². The number of hydrogen-bond acceptors (Lipinski definition) is 0. The molecule has 0 radical (unpaired) electrons. The van der Waals surface area contributed by atoms with E-state index in [-0.39, 0.29) is 0 Å². The summed E-state index contributed by atoms with van der Waals surface area (Å²) in [5.41, 5.74) is 1.52. The van der Waals surface area contributed by atoms with Crippen LogP contribution in [-0.2, 0) is 0 Å². The zero-order chi connectivity index (χ0) is 16.6. The van der Waals surface area contributed by atoms with Crippen LogP contribution in [0.3, 0.4) is 0 Å². The summed E-state index contributed by atoms with van der Waals surface area (Å²) in [4.78, 5) is 0. The minimum Gasteiger partial charge on any atom is -0.0623 e. The SMILES string of the molecule is CC(C)C(C)(C)CC(C)(C)C(C)(C)CC(C)(C)C(C)C. The molecule has 0 aliphatic carbocycles. The summed E-state index contributed by atoms with van der Waals surface area (Å²) in [6.07, 6.45) is 2.58. The van der Waals surface area contributed by atoms with Crippen molar-refractivity contribution in [3.63, 3.8) is 0 Å². The lowest BCUT2D eigenvalue weighted by Crippen LogP contribution is -2.41. The fourth-order valence-electron chi connectivity index (χ4n) is 3.16. The molecule has 0 N–H and O–H groups in total. The highest BCUT2D eigenvalue weighted by Gasteiger charge is 2.44. The molecule has 0 aliphatic heterocycles. The maximum absolute atomic E-state index is 2.48. The third-order valence-corrected chi connectivity index (χ3v) is 6.75. The summed E-state index contributed by atoms with van der Waals surface area (Å²) >= 11 is 0. The van der Waals surface area contributed by atoms with Gasteiger partial charge in [-0.25, -0.2) is 0 Å². The average molecular weight is 283 g/mol. The third-order valence-electron chi connectivity index (χ3n) is 6.75. The van der Waals surface area contributed by atoms with E-state index in [1.807, 2.05) is 0 Å². The van der Waals surface area contributed by atoms with Gasteiger partial charge in [-0.2, -0.15) is 0 Å². The molecule has 0 nitrogen and oxygen atoms in total. The Labute approximate surface area is 130 Å². The highest BCUT2D eigenvalue weighted by atomic mass is 14.5. The molecule has 0 fully saturated rings. The predicted octanol–water partition coefficient (Wildman–Crippen LogP) is 7.18. The summed E-state index contributed by atoms with van der Waals surface area (Å²) in [7, 11) is 0. The van der Waals surface area contributed by atoms with Gasteiger partial charge in [-0.3, -0.25) is 0 Å². The summed E-state index contributed by atoms with van der Waals surface area (Å²) < 4.78 is 0. The van der Waals surface area contributed by atoms with E-state index in [0.29, 0.717) is 21.7 Å². The number of hydrogen-bond donors (Lipinski definition) is 0. The molecule has 0 spiro atoms. The van der Waals surface area contributed by atoms with Crippen molar-refractivity contribution in [1.29, 1.82) is 0 Å². The van der Waals surface area contributed by atoms with E-state index in [1.54, 1.807) is 0 Å². The summed E-state index contributed by atoms with van der Waals surface area (Å²) in [6, 6.07) is 0. The first-order valence-electron chi connectivity index (χ1n) is 8.55. The van der Waals surface area contributed by atoms with Crippen LogP contribution in [0.2, 0.25) is 0 Å². The Morgan fingerprint density at radius 2 is 0.700 bits per heavy atom. The zero-order valence-corrected chi connectivity index (χ0v) is 16.6. The van der Waals surface area contributed by atoms with Crippen molar-refractivity contribution in [3.8, 4) is 0 Å². The first-order chi connectivity index (χ1) is 8.55. The van der Waals surface area contributed by atoms with Gasteiger partial charge in [0.25, 0.3) is 0 Å². The van der Waals surface area contributed by atoms with E-state index in [4.69, 9.17) is 0 Å². The zero-order valence-electron chi connectivity index (χ0n) is 16.6. The van der Waals surface area contributed by atoms with Crippen molar-refractivity contribution in [2.45, 2.75) is 95.9 Å². The van der Waals surface area contributed by atoms with Crippen LogP contribution in [0.25, 0.3) is 0 Å². The van der Waals surface area contributed by atoms with Gasteiger partial charge in [-0.05, 0) is 46.3 Å². The van der Waals surface area contributed by atoms with E-state index in [2.05, 4.69) is 83.1 Å². The van der Waals surface area contributed by atoms with E-state index in [0.717, 1.165) is 11.8 Å². The highest BCUT2D eigenvalue weighted by molar-refractivity contribution is 4.94. The molecule has 0 saturated carbocycles. The largest absolute Gasteiger partial charge is 0.0623 e. The molecule has 0 rings (SSSR count). The lowest BCUT2D eigenvalue weighted by Gasteiger charge is -2.51. The Bertz CT molecular complexity index is 268. The second-order valence-corrected chi connectivity index (χ2v) is 10.4. The smallest absolute Gasteiger partial charge is 0.0298 e. The second-order valence-electron chi connectivity index (χ2n) is 10.4. The molecule has 0 unspecified atom stereocenters. The highest BCUT2D eigenvalue weighted by Crippen LogP contribution is 2.54. The molecule has 0 aromatic rings. The number of rotatable bonds is 7. The quantitative estimate of drug-likeness (QED) is 0.464. The molecule has 0 aliphatic rings. The van der Waals surface area contributed by atoms with Gasteiger partial charge < -0.3 is 0 Å². The Morgan fingerprint density at radius 1 is 0.500 bits per heavy atom. The topological polar surface area (TPSA) is 0 Å². The van der Waals surface area contributed by atoms with E-state index < -0.39 is 0 Å². The summed E-state index contributed by atoms with van der Waals surface area (Å²) in [6.45, 7) is 29.1. The molecular formula is C20H42. The molecule has 0 amide bonds. The van der Waals surface area contributed by atoms with Crippen LogP contribution in [0.1, 0.15) is 95.9 Å². The minimum atomic E-state index is 0.354. The fourth-order valence-corrected chi connectivity index (χ4v) is 3.16. The average Bonchev–Trinajstić information content (AvgIpc) is 2.12. The monoisotopic (exact) mass is 282 g/mol. The lowest BCUT2D eigenvalue weighted by atomic mass is 9.54. The maximum Gasteiger partial charge on any atom is -0.0298 e. The third kappa shape index (κ3) is 4.78. The fraction of sp³-hybridized carbons (Fsp3) is 1.00. The van der Waals surface area contributed by atoms with Crippen LogP contribution in [0.4, 0.5) is 0 Å². The lowest BCUT2D eigenvalue weighted by molar-refractivity contribution is -0.00746. The first-order valence-corrected chi connectivity index (χ1v) is 8.55. The molecule has 0 saturated heterocycles. The molecule has 0 heteroatoms. The van der Waals surface area contributed by atoms with Crippen molar-refractivity contribution in [3.05, 3.63) is 0 Å². The van der Waals surface area contributed by atoms with Crippen molar-refractivity contribution < 1.29 is 0 Å². The second kappa shape index (κ2) is 6.01. The molecule has 0 aromatic heterocycles. The van der Waals surface area contributed by atoms with E-state index in [1.165, 1.54) is 12.8 Å². The van der Waals surface area contributed by atoms with Crippen LogP contribution in [0.5, 0.6) is 0 Å². The van der Waals surface area contributed by atoms with Crippen molar-refractivity contribution >= 4 is 0 Å². The van der Waals surface area contributed by atoms with Gasteiger partial charge in [-0.15, -0.1) is 0 Å². The molecule has 122 valence electrons. The Kier molecular flexibility index (Phi) is 6.01. The van der Waals surface area contributed by atoms with Gasteiger partial charge in [0.15, 0.2) is 0 Å². The van der Waals surface area contributed by atoms with Gasteiger partial charge in [0, 0.05) is 0 Å². The Balaban J connectivity index is 5.18. The van der Waals surface area contributed by atoms with Crippen LogP contribution < -0.4 is 0 Å². The molecule has 0 heterocycles. The van der Waals surface area contributed by atoms with Crippen LogP contribution in [0.15, 0.2) is 0 Å². The maximum atomic E-state index is 2.48. The molecular weight excluding hydrogens is 240 g/mol. The minimum absolute atomic E-state index is 0.354. The first kappa shape index (κ1) is 20.0. The van der Waals surface area contributed by atoms with Crippen molar-refractivity contribution in [1.82, 2.24) is 0 Å². The van der Waals surface area contributed by atoms with Gasteiger partial charge in [0.05, 0.1) is 0 Å². The van der Waals surface area contributed by atoms with Crippen molar-refractivity contribution in [2.75, 3.05) is 0 Å². The molecule has 0 atom stereocenters. The van der Waals surface area contributed by atoms with Gasteiger partial charge >= 0.3 is 0 Å². The Hall–Kier alpha value is 0.